The number of hydrogen-bond donors (Lipinski definition) is 3. The first-order valence-corrected chi connectivity index (χ1v) is 9.62. The van der Waals surface area contributed by atoms with Gasteiger partial charge in [-0.15, -0.1) is 0 Å². The topological polar surface area (TPSA) is 133 Å². The fourth-order valence-corrected chi connectivity index (χ4v) is 3.54. The van der Waals surface area contributed by atoms with Crippen LogP contribution in [0, 0.1) is 6.92 Å². The van der Waals surface area contributed by atoms with E-state index in [1.54, 1.807) is 31.2 Å². The molecule has 0 saturated carbocycles. The molecule has 0 radical (unpaired) electrons. The van der Waals surface area contributed by atoms with Crippen molar-refractivity contribution in [1.82, 2.24) is 0 Å². The Balaban J connectivity index is 0.00000300. The molecule has 29 heavy (non-hydrogen) atoms. The van der Waals surface area contributed by atoms with Gasteiger partial charge in [-0.2, -0.15) is 13.5 Å². The molecule has 0 amide bonds. The van der Waals surface area contributed by atoms with Gasteiger partial charge >= 0.3 is 54.9 Å². The molecular formula is C18H15BaClN2O6S. The SMILES string of the molecule is Cc1cc(N/N=C2\C(=O)C(C(=O)O)=Cc3ccccc32)c(S(=O)(=O)O)cc1Cl.[BaH2]. The number of nitrogens with one attached hydrogen (secondary N) is 1. The van der Waals surface area contributed by atoms with Crippen molar-refractivity contribution in [1.29, 1.82) is 0 Å². The minimum absolute atomic E-state index is 0. The number of ketones is 1. The van der Waals surface area contributed by atoms with Crippen molar-refractivity contribution in [3.05, 3.63) is 63.7 Å². The third-order valence-electron chi connectivity index (χ3n) is 4.03. The van der Waals surface area contributed by atoms with Gasteiger partial charge in [-0.3, -0.25) is 14.8 Å². The Labute approximate surface area is 211 Å². The number of rotatable bonds is 4. The number of carboxylic acid groups (broad SMARTS) is 1. The molecule has 0 atom stereocenters. The summed E-state index contributed by atoms with van der Waals surface area (Å²) in [6.07, 6.45) is 1.25. The maximum atomic E-state index is 12.5. The van der Waals surface area contributed by atoms with E-state index in [-0.39, 0.29) is 65.3 Å². The van der Waals surface area contributed by atoms with Gasteiger partial charge in [0, 0.05) is 10.6 Å². The van der Waals surface area contributed by atoms with Crippen LogP contribution in [0.5, 0.6) is 0 Å². The van der Waals surface area contributed by atoms with Crippen molar-refractivity contribution in [3.8, 4) is 0 Å². The number of aliphatic carboxylic acids is 1. The minimum atomic E-state index is -4.63. The number of Topliss-reactive ketones (excluding diaryl/α,β-unsaturated/α-hetero) is 1. The first-order valence-electron chi connectivity index (χ1n) is 7.80. The van der Waals surface area contributed by atoms with E-state index >= 15 is 0 Å². The molecule has 0 heterocycles. The quantitative estimate of drug-likeness (QED) is 0.225. The average molecular weight is 560 g/mol. The summed E-state index contributed by atoms with van der Waals surface area (Å²) >= 11 is 5.92. The van der Waals surface area contributed by atoms with Gasteiger partial charge in [0.15, 0.2) is 0 Å². The second kappa shape index (κ2) is 9.15. The number of hydrogen-bond acceptors (Lipinski definition) is 6. The van der Waals surface area contributed by atoms with Crippen LogP contribution < -0.4 is 5.43 Å². The molecule has 3 rings (SSSR count). The number of fused-ring (bicyclic) bond motifs is 1. The summed E-state index contributed by atoms with van der Waals surface area (Å²) in [5.74, 6) is -2.24. The number of hydrazone groups is 1. The van der Waals surface area contributed by atoms with Crippen LogP contribution in [0.25, 0.3) is 6.08 Å². The predicted octanol–water partition coefficient (Wildman–Crippen LogP) is 1.85. The van der Waals surface area contributed by atoms with E-state index in [1.165, 1.54) is 12.1 Å². The van der Waals surface area contributed by atoms with E-state index < -0.39 is 32.3 Å². The van der Waals surface area contributed by atoms with Gasteiger partial charge in [-0.1, -0.05) is 35.9 Å². The Hall–Kier alpha value is -1.44. The summed E-state index contributed by atoms with van der Waals surface area (Å²) in [6, 6.07) is 8.92. The summed E-state index contributed by atoms with van der Waals surface area (Å²) in [6.45, 7) is 1.61. The third kappa shape index (κ3) is 5.01. The summed E-state index contributed by atoms with van der Waals surface area (Å²) in [5, 5.41) is 13.3. The molecule has 1 aliphatic rings. The number of benzene rings is 2. The zero-order chi connectivity index (χ0) is 20.6. The van der Waals surface area contributed by atoms with Crippen LogP contribution in [0.15, 0.2) is 52.0 Å². The zero-order valence-corrected chi connectivity index (χ0v) is 15.9. The fraction of sp³-hybridized carbons (Fsp3) is 0.0556. The van der Waals surface area contributed by atoms with Gasteiger partial charge in [0.1, 0.15) is 16.2 Å². The van der Waals surface area contributed by atoms with Crippen LogP contribution in [0.3, 0.4) is 0 Å². The van der Waals surface area contributed by atoms with Crippen molar-refractivity contribution < 1.29 is 27.7 Å². The molecule has 0 spiro atoms. The number of carbonyl (C=O) groups excluding carboxylic acids is 1. The molecule has 0 aliphatic heterocycles. The fourth-order valence-electron chi connectivity index (χ4n) is 2.66. The van der Waals surface area contributed by atoms with Crippen molar-refractivity contribution in [2.75, 3.05) is 5.43 Å². The van der Waals surface area contributed by atoms with E-state index in [4.69, 9.17) is 11.6 Å². The van der Waals surface area contributed by atoms with Crippen molar-refractivity contribution >= 4 is 99.8 Å². The Morgan fingerprint density at radius 2 is 1.86 bits per heavy atom. The summed E-state index contributed by atoms with van der Waals surface area (Å²) in [7, 11) is -4.63. The summed E-state index contributed by atoms with van der Waals surface area (Å²) in [5.41, 5.74) is 3.00. The Kier molecular flexibility index (Phi) is 7.52. The first kappa shape index (κ1) is 23.8. The molecule has 2 aromatic carbocycles. The van der Waals surface area contributed by atoms with E-state index in [1.807, 2.05) is 0 Å². The van der Waals surface area contributed by atoms with Gasteiger partial charge < -0.3 is 5.11 Å². The molecule has 148 valence electrons. The molecule has 3 N–H and O–H groups in total. The molecule has 0 aromatic heterocycles. The first-order chi connectivity index (χ1) is 13.1. The summed E-state index contributed by atoms with van der Waals surface area (Å²) < 4.78 is 32.7. The van der Waals surface area contributed by atoms with E-state index in [0.717, 1.165) is 6.07 Å². The molecule has 0 fully saturated rings. The van der Waals surface area contributed by atoms with E-state index in [2.05, 4.69) is 10.5 Å². The van der Waals surface area contributed by atoms with Crippen LogP contribution in [0.4, 0.5) is 5.69 Å². The van der Waals surface area contributed by atoms with Crippen LogP contribution in [-0.2, 0) is 19.7 Å². The van der Waals surface area contributed by atoms with Gasteiger partial charge in [0.25, 0.3) is 10.1 Å². The summed E-state index contributed by atoms with van der Waals surface area (Å²) in [4.78, 5) is 23.4. The molecule has 8 nitrogen and oxygen atoms in total. The number of nitrogens with zero attached hydrogens (tertiary/aromatic N) is 1. The van der Waals surface area contributed by atoms with Crippen LogP contribution >= 0.6 is 11.6 Å². The second-order valence-electron chi connectivity index (χ2n) is 5.92. The van der Waals surface area contributed by atoms with E-state index in [0.29, 0.717) is 16.7 Å². The molecule has 2 aromatic rings. The maximum absolute atomic E-state index is 12.5. The number of carboxylic acids is 1. The number of halogens is 1. The predicted molar refractivity (Wildman–Crippen MR) is 112 cm³/mol. The van der Waals surface area contributed by atoms with Crippen LogP contribution in [0.2, 0.25) is 5.02 Å². The van der Waals surface area contributed by atoms with Gasteiger partial charge in [0.2, 0.25) is 5.78 Å². The molecule has 1 aliphatic carbocycles. The van der Waals surface area contributed by atoms with Crippen molar-refractivity contribution in [2.45, 2.75) is 11.8 Å². The van der Waals surface area contributed by atoms with Crippen LogP contribution in [0.1, 0.15) is 16.7 Å². The van der Waals surface area contributed by atoms with Crippen LogP contribution in [-0.4, -0.2) is 84.4 Å². The van der Waals surface area contributed by atoms with Gasteiger partial charge in [-0.05, 0) is 36.3 Å². The Morgan fingerprint density at radius 3 is 2.48 bits per heavy atom. The second-order valence-corrected chi connectivity index (χ2v) is 7.72. The van der Waals surface area contributed by atoms with Crippen molar-refractivity contribution in [2.24, 2.45) is 5.10 Å². The molecule has 11 heteroatoms. The third-order valence-corrected chi connectivity index (χ3v) is 5.33. The molecule has 0 saturated heterocycles. The molecular weight excluding hydrogens is 545 g/mol. The average Bonchev–Trinajstić information content (AvgIpc) is 2.61. The zero-order valence-electron chi connectivity index (χ0n) is 14.3. The standard InChI is InChI=1S/C18H13ClN2O6S.Ba.2H/c1-9-6-14(15(8-13(9)19)28(25,26)27)20-21-16-11-5-3-2-4-10(11)7-12(17(16)22)18(23)24;;;/h2-8,20H,1H3,(H,23,24)(H,25,26,27);;;/b21-16-;;;. The molecule has 0 unspecified atom stereocenters. The molecule has 0 bridgehead atoms. The Morgan fingerprint density at radius 1 is 1.21 bits per heavy atom. The van der Waals surface area contributed by atoms with E-state index in [9.17, 15) is 27.7 Å². The number of aryl methyl sites for hydroxylation is 1. The number of anilines is 1. The number of carbonyl (C=O) groups is 2. The monoisotopic (exact) mass is 560 g/mol. The normalized spacial score (nSPS) is 14.7. The van der Waals surface area contributed by atoms with Crippen molar-refractivity contribution in [3.63, 3.8) is 0 Å². The Bertz CT molecular complexity index is 1190. The van der Waals surface area contributed by atoms with Gasteiger partial charge in [-0.25, -0.2) is 4.79 Å². The van der Waals surface area contributed by atoms with Gasteiger partial charge in [0.05, 0.1) is 5.69 Å².